The molecule has 1 nitrogen and oxygen atoms in total. The van der Waals surface area contributed by atoms with Gasteiger partial charge in [-0.05, 0) is 71.9 Å². The Kier molecular flexibility index (Phi) is 4.57. The lowest BCUT2D eigenvalue weighted by atomic mass is 9.99. The van der Waals surface area contributed by atoms with Gasteiger partial charge in [-0.1, -0.05) is 13.0 Å². The van der Waals surface area contributed by atoms with Gasteiger partial charge in [0.15, 0.2) is 0 Å². The standard InChI is InChI=1S/C14H19BrFN/c1-11-4-7-17(8-5-11)9-6-12-2-3-14(16)13(15)10-12/h2-3,10-11H,4-9H2,1H3. The molecule has 0 bridgehead atoms. The minimum Gasteiger partial charge on any atom is -0.303 e. The summed E-state index contributed by atoms with van der Waals surface area (Å²) in [5.74, 6) is 0.701. The van der Waals surface area contributed by atoms with Crippen LogP contribution in [0.4, 0.5) is 4.39 Å². The predicted octanol–water partition coefficient (Wildman–Crippen LogP) is 3.86. The summed E-state index contributed by atoms with van der Waals surface area (Å²) in [5, 5.41) is 0. The topological polar surface area (TPSA) is 3.24 Å². The first-order chi connectivity index (χ1) is 8.15. The molecule has 0 spiro atoms. The molecule has 1 fully saturated rings. The molecule has 0 N–H and O–H groups in total. The van der Waals surface area contributed by atoms with Gasteiger partial charge in [0, 0.05) is 6.54 Å². The molecule has 0 aromatic heterocycles. The van der Waals surface area contributed by atoms with Gasteiger partial charge < -0.3 is 4.90 Å². The molecular formula is C14H19BrFN. The lowest BCUT2D eigenvalue weighted by Gasteiger charge is -2.30. The van der Waals surface area contributed by atoms with Crippen LogP contribution in [0.1, 0.15) is 25.3 Å². The number of hydrogen-bond acceptors (Lipinski definition) is 1. The van der Waals surface area contributed by atoms with Crippen molar-refractivity contribution in [2.24, 2.45) is 5.92 Å². The molecule has 0 saturated carbocycles. The fourth-order valence-corrected chi connectivity index (χ4v) is 2.69. The van der Waals surface area contributed by atoms with E-state index in [1.54, 1.807) is 0 Å². The van der Waals surface area contributed by atoms with Crippen LogP contribution in [0, 0.1) is 11.7 Å². The van der Waals surface area contributed by atoms with Crippen molar-refractivity contribution in [2.75, 3.05) is 19.6 Å². The van der Waals surface area contributed by atoms with Crippen LogP contribution < -0.4 is 0 Å². The fraction of sp³-hybridized carbons (Fsp3) is 0.571. The fourth-order valence-electron chi connectivity index (χ4n) is 2.27. The van der Waals surface area contributed by atoms with Crippen molar-refractivity contribution in [3.63, 3.8) is 0 Å². The Morgan fingerprint density at radius 1 is 1.35 bits per heavy atom. The maximum Gasteiger partial charge on any atom is 0.137 e. The maximum atomic E-state index is 13.1. The molecule has 1 aromatic rings. The normalized spacial score (nSPS) is 18.5. The lowest BCUT2D eigenvalue weighted by molar-refractivity contribution is 0.194. The summed E-state index contributed by atoms with van der Waals surface area (Å²) in [6, 6.07) is 5.31. The van der Waals surface area contributed by atoms with Crippen LogP contribution in [0.5, 0.6) is 0 Å². The third-order valence-corrected chi connectivity index (χ3v) is 4.18. The molecule has 3 heteroatoms. The number of hydrogen-bond donors (Lipinski definition) is 0. The lowest BCUT2D eigenvalue weighted by Crippen LogP contribution is -2.34. The number of nitrogens with zero attached hydrogens (tertiary/aromatic N) is 1. The molecule has 0 aliphatic carbocycles. The second kappa shape index (κ2) is 5.96. The molecule has 0 unspecified atom stereocenters. The van der Waals surface area contributed by atoms with E-state index in [1.807, 2.05) is 12.1 Å². The second-order valence-corrected chi connectivity index (χ2v) is 5.88. The third-order valence-electron chi connectivity index (χ3n) is 3.58. The van der Waals surface area contributed by atoms with Gasteiger partial charge in [0.05, 0.1) is 4.47 Å². The molecule has 0 radical (unpaired) electrons. The first-order valence-electron chi connectivity index (χ1n) is 6.31. The van der Waals surface area contributed by atoms with Crippen molar-refractivity contribution in [1.29, 1.82) is 0 Å². The summed E-state index contributed by atoms with van der Waals surface area (Å²) < 4.78 is 13.7. The molecule has 1 aromatic carbocycles. The summed E-state index contributed by atoms with van der Waals surface area (Å²) in [6.07, 6.45) is 3.63. The summed E-state index contributed by atoms with van der Waals surface area (Å²) >= 11 is 3.23. The Morgan fingerprint density at radius 3 is 2.71 bits per heavy atom. The minimum absolute atomic E-state index is 0.180. The van der Waals surface area contributed by atoms with E-state index in [0.717, 1.165) is 18.9 Å². The van der Waals surface area contributed by atoms with E-state index in [9.17, 15) is 4.39 Å². The third kappa shape index (κ3) is 3.78. The Balaban J connectivity index is 1.83. The summed E-state index contributed by atoms with van der Waals surface area (Å²) in [7, 11) is 0. The summed E-state index contributed by atoms with van der Waals surface area (Å²) in [6.45, 7) is 5.84. The molecule has 17 heavy (non-hydrogen) atoms. The van der Waals surface area contributed by atoms with Crippen molar-refractivity contribution >= 4 is 15.9 Å². The molecule has 1 saturated heterocycles. The largest absolute Gasteiger partial charge is 0.303 e. The van der Waals surface area contributed by atoms with E-state index < -0.39 is 0 Å². The monoisotopic (exact) mass is 299 g/mol. The predicted molar refractivity (Wildman–Crippen MR) is 72.6 cm³/mol. The molecule has 1 aliphatic rings. The van der Waals surface area contributed by atoms with Crippen LogP contribution in [0.25, 0.3) is 0 Å². The average Bonchev–Trinajstić information content (AvgIpc) is 2.33. The highest BCUT2D eigenvalue weighted by Gasteiger charge is 2.15. The molecule has 1 heterocycles. The average molecular weight is 300 g/mol. The maximum absolute atomic E-state index is 13.1. The van der Waals surface area contributed by atoms with Crippen molar-refractivity contribution in [3.05, 3.63) is 34.1 Å². The number of benzene rings is 1. The van der Waals surface area contributed by atoms with Gasteiger partial charge in [0.2, 0.25) is 0 Å². The van der Waals surface area contributed by atoms with Crippen LogP contribution in [0.2, 0.25) is 0 Å². The molecule has 1 aliphatic heterocycles. The van der Waals surface area contributed by atoms with Gasteiger partial charge in [-0.2, -0.15) is 0 Å². The zero-order valence-corrected chi connectivity index (χ0v) is 11.8. The van der Waals surface area contributed by atoms with Crippen molar-refractivity contribution in [1.82, 2.24) is 4.90 Å². The summed E-state index contributed by atoms with van der Waals surface area (Å²) in [5.41, 5.74) is 1.21. The zero-order chi connectivity index (χ0) is 12.3. The van der Waals surface area contributed by atoms with Crippen molar-refractivity contribution < 1.29 is 4.39 Å². The van der Waals surface area contributed by atoms with E-state index in [-0.39, 0.29) is 5.82 Å². The Labute approximate surface area is 111 Å². The highest BCUT2D eigenvalue weighted by atomic mass is 79.9. The number of halogens is 2. The van der Waals surface area contributed by atoms with Crippen LogP contribution in [-0.2, 0) is 6.42 Å². The summed E-state index contributed by atoms with van der Waals surface area (Å²) in [4.78, 5) is 2.51. The number of piperidine rings is 1. The van der Waals surface area contributed by atoms with Gasteiger partial charge >= 0.3 is 0 Å². The van der Waals surface area contributed by atoms with Crippen LogP contribution >= 0.6 is 15.9 Å². The van der Waals surface area contributed by atoms with Gasteiger partial charge in [-0.3, -0.25) is 0 Å². The molecular weight excluding hydrogens is 281 g/mol. The smallest absolute Gasteiger partial charge is 0.137 e. The second-order valence-electron chi connectivity index (χ2n) is 5.02. The Morgan fingerprint density at radius 2 is 2.06 bits per heavy atom. The zero-order valence-electron chi connectivity index (χ0n) is 10.3. The van der Waals surface area contributed by atoms with Crippen LogP contribution in [0.3, 0.4) is 0 Å². The van der Waals surface area contributed by atoms with Gasteiger partial charge in [-0.15, -0.1) is 0 Å². The van der Waals surface area contributed by atoms with Crippen molar-refractivity contribution in [3.8, 4) is 0 Å². The van der Waals surface area contributed by atoms with E-state index in [1.165, 1.54) is 37.6 Å². The Bertz CT molecular complexity index is 372. The van der Waals surface area contributed by atoms with E-state index >= 15 is 0 Å². The quantitative estimate of drug-likeness (QED) is 0.819. The van der Waals surface area contributed by atoms with Gasteiger partial charge in [0.1, 0.15) is 5.82 Å². The molecule has 0 amide bonds. The highest BCUT2D eigenvalue weighted by molar-refractivity contribution is 9.10. The van der Waals surface area contributed by atoms with E-state index in [4.69, 9.17) is 0 Å². The molecule has 94 valence electrons. The first-order valence-corrected chi connectivity index (χ1v) is 7.11. The van der Waals surface area contributed by atoms with Crippen molar-refractivity contribution in [2.45, 2.75) is 26.2 Å². The van der Waals surface area contributed by atoms with Crippen LogP contribution in [-0.4, -0.2) is 24.5 Å². The first kappa shape index (κ1) is 13.0. The Hall–Kier alpha value is -0.410. The molecule has 2 rings (SSSR count). The van der Waals surface area contributed by atoms with E-state index in [2.05, 4.69) is 27.8 Å². The van der Waals surface area contributed by atoms with E-state index in [0.29, 0.717) is 4.47 Å². The highest BCUT2D eigenvalue weighted by Crippen LogP contribution is 2.19. The van der Waals surface area contributed by atoms with Gasteiger partial charge in [-0.25, -0.2) is 4.39 Å². The van der Waals surface area contributed by atoms with Gasteiger partial charge in [0.25, 0.3) is 0 Å². The minimum atomic E-state index is -0.180. The number of rotatable bonds is 3. The molecule has 0 atom stereocenters. The number of likely N-dealkylation sites (tertiary alicyclic amines) is 1. The SMILES string of the molecule is CC1CCN(CCc2ccc(F)c(Br)c2)CC1. The van der Waals surface area contributed by atoms with Crippen LogP contribution in [0.15, 0.2) is 22.7 Å².